The molecule has 1 saturated heterocycles. The van der Waals surface area contributed by atoms with Gasteiger partial charge in [-0.2, -0.15) is 0 Å². The molecule has 2 aliphatic rings. The molecule has 1 aliphatic carbocycles. The fourth-order valence-electron chi connectivity index (χ4n) is 2.58. The van der Waals surface area contributed by atoms with Gasteiger partial charge < -0.3 is 9.64 Å². The molecule has 0 aromatic heterocycles. The second-order valence-corrected chi connectivity index (χ2v) is 5.63. The number of piperidine rings is 1. The summed E-state index contributed by atoms with van der Waals surface area (Å²) in [6, 6.07) is 0.671. The second-order valence-electron chi connectivity index (χ2n) is 5.63. The number of rotatable bonds is 3. The van der Waals surface area contributed by atoms with Gasteiger partial charge in [-0.05, 0) is 51.2 Å². The van der Waals surface area contributed by atoms with Crippen molar-refractivity contribution in [2.75, 3.05) is 13.1 Å². The molecule has 0 radical (unpaired) electrons. The first-order valence-electron chi connectivity index (χ1n) is 6.94. The van der Waals surface area contributed by atoms with Crippen LogP contribution in [0.4, 0.5) is 0 Å². The Hall–Kier alpha value is -0.760. The molecule has 2 heteroatoms. The van der Waals surface area contributed by atoms with Crippen LogP contribution < -0.4 is 0 Å². The highest BCUT2D eigenvalue weighted by molar-refractivity contribution is 5.18. The first kappa shape index (κ1) is 12.7. The van der Waals surface area contributed by atoms with Gasteiger partial charge in [-0.15, -0.1) is 0 Å². The lowest BCUT2D eigenvalue weighted by Crippen LogP contribution is -2.40. The molecular weight excluding hydrogens is 210 g/mol. The van der Waals surface area contributed by atoms with E-state index in [0.29, 0.717) is 18.1 Å². The van der Waals surface area contributed by atoms with E-state index in [0.717, 1.165) is 25.0 Å². The van der Waals surface area contributed by atoms with E-state index in [1.165, 1.54) is 13.1 Å². The standard InChI is InChI=1S/C15H25NO/c1-12(2)16-9-7-14(8-10-16)17-15-6-4-5-13(3)11-15/h4,6,11-14H,5,7-10H2,1-3H3. The summed E-state index contributed by atoms with van der Waals surface area (Å²) in [5, 5.41) is 0. The van der Waals surface area contributed by atoms with Crippen LogP contribution in [0.3, 0.4) is 0 Å². The van der Waals surface area contributed by atoms with Gasteiger partial charge in [0.2, 0.25) is 0 Å². The molecule has 2 nitrogen and oxygen atoms in total. The highest BCUT2D eigenvalue weighted by Crippen LogP contribution is 2.22. The fourth-order valence-corrected chi connectivity index (χ4v) is 2.58. The molecule has 1 fully saturated rings. The zero-order chi connectivity index (χ0) is 12.3. The Morgan fingerprint density at radius 3 is 2.59 bits per heavy atom. The van der Waals surface area contributed by atoms with Crippen LogP contribution in [0.15, 0.2) is 24.0 Å². The third-order valence-corrected chi connectivity index (χ3v) is 3.75. The summed E-state index contributed by atoms with van der Waals surface area (Å²) in [6.45, 7) is 9.14. The third kappa shape index (κ3) is 3.60. The van der Waals surface area contributed by atoms with Crippen molar-refractivity contribution in [3.8, 4) is 0 Å². The minimum absolute atomic E-state index is 0.422. The summed E-state index contributed by atoms with van der Waals surface area (Å²) < 4.78 is 6.08. The summed E-state index contributed by atoms with van der Waals surface area (Å²) in [5.41, 5.74) is 0. The molecular formula is C15H25NO. The highest BCUT2D eigenvalue weighted by atomic mass is 16.5. The average molecular weight is 235 g/mol. The molecule has 17 heavy (non-hydrogen) atoms. The SMILES string of the molecule is CC1C=C(OC2CCN(C(C)C)CC2)C=CC1. The van der Waals surface area contributed by atoms with Crippen LogP contribution in [0.25, 0.3) is 0 Å². The van der Waals surface area contributed by atoms with Crippen LogP contribution in [0.1, 0.15) is 40.0 Å². The van der Waals surface area contributed by atoms with Crippen LogP contribution in [0.2, 0.25) is 0 Å². The number of likely N-dealkylation sites (tertiary alicyclic amines) is 1. The molecule has 0 spiro atoms. The Bertz CT molecular complexity index is 298. The Balaban J connectivity index is 1.80. The predicted molar refractivity (Wildman–Crippen MR) is 71.8 cm³/mol. The number of allylic oxidation sites excluding steroid dienone is 3. The summed E-state index contributed by atoms with van der Waals surface area (Å²) in [4.78, 5) is 2.54. The topological polar surface area (TPSA) is 12.5 Å². The molecule has 0 N–H and O–H groups in total. The molecule has 0 saturated carbocycles. The van der Waals surface area contributed by atoms with Gasteiger partial charge in [-0.25, -0.2) is 0 Å². The zero-order valence-electron chi connectivity index (χ0n) is 11.4. The Morgan fingerprint density at radius 1 is 1.29 bits per heavy atom. The van der Waals surface area contributed by atoms with E-state index < -0.39 is 0 Å². The van der Waals surface area contributed by atoms with E-state index in [9.17, 15) is 0 Å². The van der Waals surface area contributed by atoms with Crippen LogP contribution in [0, 0.1) is 5.92 Å². The smallest absolute Gasteiger partial charge is 0.115 e. The van der Waals surface area contributed by atoms with Gasteiger partial charge in [0.25, 0.3) is 0 Å². The lowest BCUT2D eigenvalue weighted by Gasteiger charge is -2.35. The summed E-state index contributed by atoms with van der Waals surface area (Å²) in [5.74, 6) is 1.72. The van der Waals surface area contributed by atoms with E-state index in [1.54, 1.807) is 0 Å². The van der Waals surface area contributed by atoms with Crippen molar-refractivity contribution >= 4 is 0 Å². The molecule has 1 atom stereocenters. The van der Waals surface area contributed by atoms with Crippen molar-refractivity contribution in [1.82, 2.24) is 4.90 Å². The van der Waals surface area contributed by atoms with E-state index in [-0.39, 0.29) is 0 Å². The van der Waals surface area contributed by atoms with Crippen LogP contribution in [-0.2, 0) is 4.74 Å². The zero-order valence-corrected chi connectivity index (χ0v) is 11.4. The maximum atomic E-state index is 6.08. The quantitative estimate of drug-likeness (QED) is 0.744. The molecule has 96 valence electrons. The lowest BCUT2D eigenvalue weighted by atomic mass is 10.0. The van der Waals surface area contributed by atoms with Crippen LogP contribution in [0.5, 0.6) is 0 Å². The predicted octanol–water partition coefficient (Wildman–Crippen LogP) is 3.36. The van der Waals surface area contributed by atoms with Gasteiger partial charge in [0.05, 0.1) is 0 Å². The monoisotopic (exact) mass is 235 g/mol. The third-order valence-electron chi connectivity index (χ3n) is 3.75. The van der Waals surface area contributed by atoms with E-state index >= 15 is 0 Å². The minimum atomic E-state index is 0.422. The number of ether oxygens (including phenoxy) is 1. The first-order valence-corrected chi connectivity index (χ1v) is 6.94. The van der Waals surface area contributed by atoms with Gasteiger partial charge in [0.1, 0.15) is 11.9 Å². The molecule has 1 unspecified atom stereocenters. The van der Waals surface area contributed by atoms with Crippen molar-refractivity contribution < 1.29 is 4.74 Å². The van der Waals surface area contributed by atoms with Crippen molar-refractivity contribution in [2.45, 2.75) is 52.2 Å². The maximum Gasteiger partial charge on any atom is 0.115 e. The van der Waals surface area contributed by atoms with Gasteiger partial charge in [0, 0.05) is 19.1 Å². The van der Waals surface area contributed by atoms with Crippen molar-refractivity contribution in [3.05, 3.63) is 24.0 Å². The molecule has 1 heterocycles. The first-order chi connectivity index (χ1) is 8.15. The van der Waals surface area contributed by atoms with Gasteiger partial charge in [-0.3, -0.25) is 0 Å². The fraction of sp³-hybridized carbons (Fsp3) is 0.733. The number of nitrogens with zero attached hydrogens (tertiary/aromatic N) is 1. The Morgan fingerprint density at radius 2 is 2.00 bits per heavy atom. The lowest BCUT2D eigenvalue weighted by molar-refractivity contribution is 0.0442. The molecule has 0 amide bonds. The van der Waals surface area contributed by atoms with Gasteiger partial charge in [0.15, 0.2) is 0 Å². The van der Waals surface area contributed by atoms with Crippen molar-refractivity contribution in [1.29, 1.82) is 0 Å². The van der Waals surface area contributed by atoms with Gasteiger partial charge >= 0.3 is 0 Å². The summed E-state index contributed by atoms with van der Waals surface area (Å²) in [6.07, 6.45) is 10.5. The van der Waals surface area contributed by atoms with E-state index in [2.05, 4.69) is 43.9 Å². The molecule has 0 bridgehead atoms. The molecule has 0 aromatic rings. The highest BCUT2D eigenvalue weighted by Gasteiger charge is 2.22. The molecule has 2 rings (SSSR count). The largest absolute Gasteiger partial charge is 0.491 e. The summed E-state index contributed by atoms with van der Waals surface area (Å²) >= 11 is 0. The average Bonchev–Trinajstić information content (AvgIpc) is 2.29. The van der Waals surface area contributed by atoms with Gasteiger partial charge in [-0.1, -0.05) is 13.0 Å². The van der Waals surface area contributed by atoms with Crippen LogP contribution >= 0.6 is 0 Å². The number of hydrogen-bond acceptors (Lipinski definition) is 2. The minimum Gasteiger partial charge on any atom is -0.491 e. The summed E-state index contributed by atoms with van der Waals surface area (Å²) in [7, 11) is 0. The normalized spacial score (nSPS) is 27.3. The van der Waals surface area contributed by atoms with Crippen molar-refractivity contribution in [3.63, 3.8) is 0 Å². The van der Waals surface area contributed by atoms with Crippen LogP contribution in [-0.4, -0.2) is 30.1 Å². The van der Waals surface area contributed by atoms with Crippen molar-refractivity contribution in [2.24, 2.45) is 5.92 Å². The Labute approximate surface area is 105 Å². The molecule has 1 aliphatic heterocycles. The molecule has 0 aromatic carbocycles. The van der Waals surface area contributed by atoms with E-state index in [1.807, 2.05) is 0 Å². The van der Waals surface area contributed by atoms with E-state index in [4.69, 9.17) is 4.74 Å². The Kier molecular flexibility index (Phi) is 4.27. The number of hydrogen-bond donors (Lipinski definition) is 0. The second kappa shape index (κ2) is 5.72. The maximum absolute atomic E-state index is 6.08.